The number of carbonyl (C=O) groups is 1. The summed E-state index contributed by atoms with van der Waals surface area (Å²) in [6.45, 7) is 0.224. The molecule has 0 aliphatic heterocycles. The van der Waals surface area contributed by atoms with Gasteiger partial charge in [0, 0.05) is 30.4 Å². The minimum Gasteiger partial charge on any atom is -0.496 e. The summed E-state index contributed by atoms with van der Waals surface area (Å²) < 4.78 is 28.7. The highest BCUT2D eigenvalue weighted by atomic mass is 35.5. The number of rotatable bonds is 5. The number of ether oxygens (including phenoxy) is 1. The van der Waals surface area contributed by atoms with Gasteiger partial charge < -0.3 is 9.64 Å². The third-order valence-electron chi connectivity index (χ3n) is 3.59. The number of methoxy groups -OCH3 is 1. The first-order valence-corrected chi connectivity index (χ1v) is 9.85. The molecule has 0 saturated heterocycles. The third kappa shape index (κ3) is 4.66. The molecule has 1 amide bonds. The van der Waals surface area contributed by atoms with E-state index in [-0.39, 0.29) is 22.0 Å². The van der Waals surface area contributed by atoms with Crippen molar-refractivity contribution in [3.63, 3.8) is 0 Å². The Balaban J connectivity index is 2.34. The summed E-state index contributed by atoms with van der Waals surface area (Å²) in [5, 5.41) is 0.705. The Hall–Kier alpha value is -1.76. The number of benzene rings is 2. The van der Waals surface area contributed by atoms with Crippen molar-refractivity contribution in [1.29, 1.82) is 0 Å². The summed E-state index contributed by atoms with van der Waals surface area (Å²) in [7, 11) is -0.325. The zero-order valence-electron chi connectivity index (χ0n) is 13.9. The summed E-state index contributed by atoms with van der Waals surface area (Å²) in [6.07, 6.45) is 1.07. The first-order valence-electron chi connectivity index (χ1n) is 7.21. The zero-order valence-corrected chi connectivity index (χ0v) is 16.2. The summed E-state index contributed by atoms with van der Waals surface area (Å²) in [5.74, 6) is 0.192. The lowest BCUT2D eigenvalue weighted by Gasteiger charge is -2.20. The van der Waals surface area contributed by atoms with Crippen LogP contribution in [-0.4, -0.2) is 39.6 Å². The van der Waals surface area contributed by atoms with Gasteiger partial charge in [-0.15, -0.1) is 0 Å². The smallest absolute Gasteiger partial charge is 0.255 e. The van der Waals surface area contributed by atoms with Crippen molar-refractivity contribution < 1.29 is 17.9 Å². The molecule has 0 spiro atoms. The molecule has 0 aliphatic carbocycles. The Morgan fingerprint density at radius 3 is 2.44 bits per heavy atom. The van der Waals surface area contributed by atoms with Crippen LogP contribution in [0.4, 0.5) is 0 Å². The predicted octanol–water partition coefficient (Wildman–Crippen LogP) is 3.68. The van der Waals surface area contributed by atoms with Gasteiger partial charge in [0.15, 0.2) is 9.84 Å². The van der Waals surface area contributed by atoms with Crippen LogP contribution in [-0.2, 0) is 16.4 Å². The third-order valence-corrected chi connectivity index (χ3v) is 5.27. The summed E-state index contributed by atoms with van der Waals surface area (Å²) in [5.41, 5.74) is 0.842. The fourth-order valence-electron chi connectivity index (χ4n) is 2.30. The molecular formula is C17H17Cl2NO4S. The maximum absolute atomic E-state index is 12.7. The number of sulfone groups is 1. The van der Waals surface area contributed by atoms with Crippen molar-refractivity contribution in [2.24, 2.45) is 0 Å². The number of halogens is 2. The highest BCUT2D eigenvalue weighted by Gasteiger charge is 2.19. The molecular weight excluding hydrogens is 385 g/mol. The molecule has 2 aromatic carbocycles. The van der Waals surface area contributed by atoms with E-state index in [2.05, 4.69) is 0 Å². The van der Waals surface area contributed by atoms with Crippen LogP contribution in [0.5, 0.6) is 5.75 Å². The van der Waals surface area contributed by atoms with E-state index in [1.807, 2.05) is 0 Å². The monoisotopic (exact) mass is 401 g/mol. The second-order valence-corrected chi connectivity index (χ2v) is 8.39. The van der Waals surface area contributed by atoms with Gasteiger partial charge in [0.2, 0.25) is 0 Å². The second kappa shape index (κ2) is 7.64. The molecule has 0 saturated carbocycles. The minimum atomic E-state index is -3.44. The second-order valence-electron chi connectivity index (χ2n) is 5.53. The first-order chi connectivity index (χ1) is 11.6. The number of carbonyl (C=O) groups excluding carboxylic acids is 1. The van der Waals surface area contributed by atoms with Crippen LogP contribution in [0.1, 0.15) is 15.9 Å². The van der Waals surface area contributed by atoms with Crippen LogP contribution >= 0.6 is 23.2 Å². The lowest BCUT2D eigenvalue weighted by Crippen LogP contribution is -2.27. The number of hydrogen-bond donors (Lipinski definition) is 0. The van der Waals surface area contributed by atoms with Crippen LogP contribution in [0, 0.1) is 0 Å². The number of amides is 1. The molecule has 0 aromatic heterocycles. The molecule has 0 N–H and O–H groups in total. The minimum absolute atomic E-state index is 0.0361. The molecule has 2 aromatic rings. The van der Waals surface area contributed by atoms with Crippen LogP contribution in [0.2, 0.25) is 10.0 Å². The van der Waals surface area contributed by atoms with Gasteiger partial charge in [0.25, 0.3) is 5.91 Å². The maximum atomic E-state index is 12.7. The first kappa shape index (κ1) is 19.6. The van der Waals surface area contributed by atoms with Crippen molar-refractivity contribution in [1.82, 2.24) is 4.90 Å². The molecule has 0 atom stereocenters. The standard InChI is InChI=1S/C17H17Cl2NO4S/c1-20(10-11-8-12(18)4-7-16(11)24-2)17(21)14-9-13(25(3,22)23)5-6-15(14)19/h4-9H,10H2,1-3H3. The number of nitrogens with zero attached hydrogens (tertiary/aromatic N) is 1. The molecule has 2 rings (SSSR count). The van der Waals surface area contributed by atoms with Crippen LogP contribution in [0.25, 0.3) is 0 Å². The quantitative estimate of drug-likeness (QED) is 0.766. The average Bonchev–Trinajstić information content (AvgIpc) is 2.53. The van der Waals surface area contributed by atoms with Gasteiger partial charge in [0.05, 0.1) is 22.6 Å². The van der Waals surface area contributed by atoms with Gasteiger partial charge in [-0.3, -0.25) is 4.79 Å². The van der Waals surface area contributed by atoms with Crippen molar-refractivity contribution in [3.05, 3.63) is 57.6 Å². The Morgan fingerprint density at radius 2 is 1.84 bits per heavy atom. The average molecular weight is 402 g/mol. The summed E-state index contributed by atoms with van der Waals surface area (Å²) in [6, 6.07) is 9.17. The molecule has 0 bridgehead atoms. The molecule has 0 unspecified atom stereocenters. The van der Waals surface area contributed by atoms with Crippen molar-refractivity contribution in [2.45, 2.75) is 11.4 Å². The number of hydrogen-bond acceptors (Lipinski definition) is 4. The lowest BCUT2D eigenvalue weighted by molar-refractivity contribution is 0.0784. The zero-order chi connectivity index (χ0) is 18.8. The van der Waals surface area contributed by atoms with Crippen molar-refractivity contribution in [2.75, 3.05) is 20.4 Å². The largest absolute Gasteiger partial charge is 0.496 e. The SMILES string of the molecule is COc1ccc(Cl)cc1CN(C)C(=O)c1cc(S(C)(=O)=O)ccc1Cl. The highest BCUT2D eigenvalue weighted by molar-refractivity contribution is 7.90. The van der Waals surface area contributed by atoms with Crippen LogP contribution in [0.15, 0.2) is 41.3 Å². The molecule has 0 heterocycles. The Morgan fingerprint density at radius 1 is 1.16 bits per heavy atom. The molecule has 134 valence electrons. The van der Waals surface area contributed by atoms with Gasteiger partial charge in [-0.25, -0.2) is 8.42 Å². The lowest BCUT2D eigenvalue weighted by atomic mass is 10.1. The topological polar surface area (TPSA) is 63.7 Å². The Labute approximate surface area is 157 Å². The van der Waals surface area contributed by atoms with Gasteiger partial charge in [-0.05, 0) is 36.4 Å². The molecule has 25 heavy (non-hydrogen) atoms. The Bertz CT molecular complexity index is 913. The van der Waals surface area contributed by atoms with Gasteiger partial charge in [0.1, 0.15) is 5.75 Å². The fraction of sp³-hybridized carbons (Fsp3) is 0.235. The van der Waals surface area contributed by atoms with Gasteiger partial charge in [-0.1, -0.05) is 23.2 Å². The van der Waals surface area contributed by atoms with E-state index in [4.69, 9.17) is 27.9 Å². The van der Waals surface area contributed by atoms with E-state index < -0.39 is 15.7 Å². The van der Waals surface area contributed by atoms with Crippen molar-refractivity contribution in [3.8, 4) is 5.75 Å². The Kier molecular flexibility index (Phi) is 5.98. The molecule has 5 nitrogen and oxygen atoms in total. The van der Waals surface area contributed by atoms with E-state index in [1.165, 1.54) is 30.2 Å². The van der Waals surface area contributed by atoms with Crippen molar-refractivity contribution >= 4 is 38.9 Å². The normalized spacial score (nSPS) is 11.2. The highest BCUT2D eigenvalue weighted by Crippen LogP contribution is 2.26. The van der Waals surface area contributed by atoms with E-state index in [0.29, 0.717) is 10.8 Å². The van der Waals surface area contributed by atoms with Crippen LogP contribution < -0.4 is 4.74 Å². The molecule has 0 aliphatic rings. The predicted molar refractivity (Wildman–Crippen MR) is 98.4 cm³/mol. The van der Waals surface area contributed by atoms with Crippen LogP contribution in [0.3, 0.4) is 0 Å². The fourth-order valence-corrected chi connectivity index (χ4v) is 3.34. The van der Waals surface area contributed by atoms with E-state index in [9.17, 15) is 13.2 Å². The van der Waals surface area contributed by atoms with Gasteiger partial charge >= 0.3 is 0 Å². The summed E-state index contributed by atoms with van der Waals surface area (Å²) in [4.78, 5) is 14.2. The molecule has 8 heteroatoms. The van der Waals surface area contributed by atoms with Gasteiger partial charge in [-0.2, -0.15) is 0 Å². The van der Waals surface area contributed by atoms with E-state index in [1.54, 1.807) is 25.2 Å². The summed E-state index contributed by atoms with van der Waals surface area (Å²) >= 11 is 12.1. The maximum Gasteiger partial charge on any atom is 0.255 e. The molecule has 0 radical (unpaired) electrons. The molecule has 0 fully saturated rings. The van der Waals surface area contributed by atoms with E-state index >= 15 is 0 Å². The van der Waals surface area contributed by atoms with E-state index in [0.717, 1.165) is 11.8 Å².